The molecule has 3 aromatic rings. The summed E-state index contributed by atoms with van der Waals surface area (Å²) in [4.78, 5) is 19.6. The fraction of sp³-hybridized carbons (Fsp3) is 0.630. The van der Waals surface area contributed by atoms with Crippen molar-refractivity contribution in [3.05, 3.63) is 41.7 Å². The topological polar surface area (TPSA) is 87.4 Å². The van der Waals surface area contributed by atoms with E-state index in [1.165, 1.54) is 17.9 Å². The maximum Gasteiger partial charge on any atom is 0.408 e. The molecule has 40 heavy (non-hydrogen) atoms. The van der Waals surface area contributed by atoms with E-state index < -0.39 is 36.9 Å². The van der Waals surface area contributed by atoms with Crippen molar-refractivity contribution in [3.8, 4) is 0 Å². The first kappa shape index (κ1) is 28.6. The number of ether oxygens (including phenoxy) is 3. The van der Waals surface area contributed by atoms with Crippen molar-refractivity contribution in [1.82, 2.24) is 24.5 Å². The number of hydrogen-bond donors (Lipinski definition) is 0. The number of halogens is 4. The van der Waals surface area contributed by atoms with Gasteiger partial charge in [-0.3, -0.25) is 4.98 Å². The third-order valence-electron chi connectivity index (χ3n) is 7.51. The monoisotopic (exact) mass is 566 g/mol. The van der Waals surface area contributed by atoms with Gasteiger partial charge in [-0.1, -0.05) is 0 Å². The second kappa shape index (κ2) is 11.9. The quantitative estimate of drug-likeness (QED) is 0.348. The van der Waals surface area contributed by atoms with Crippen LogP contribution in [0.1, 0.15) is 68.9 Å². The molecule has 13 heteroatoms. The van der Waals surface area contributed by atoms with E-state index in [4.69, 9.17) is 14.2 Å². The summed E-state index contributed by atoms with van der Waals surface area (Å²) in [6, 6.07) is 1.49. The zero-order chi connectivity index (χ0) is 28.4. The van der Waals surface area contributed by atoms with Crippen molar-refractivity contribution in [2.45, 2.75) is 82.8 Å². The molecular weight excluding hydrogens is 532 g/mol. The molecule has 218 valence electrons. The average Bonchev–Trinajstić information content (AvgIpc) is 3.31. The Morgan fingerprint density at radius 2 is 1.95 bits per heavy atom. The molecule has 0 N–H and O–H groups in total. The molecule has 0 aliphatic carbocycles. The van der Waals surface area contributed by atoms with Crippen molar-refractivity contribution >= 4 is 17.0 Å². The van der Waals surface area contributed by atoms with Crippen molar-refractivity contribution in [2.24, 2.45) is 0 Å². The molecule has 3 aromatic heterocycles. The first-order valence-corrected chi connectivity index (χ1v) is 13.6. The van der Waals surface area contributed by atoms with Crippen molar-refractivity contribution in [2.75, 3.05) is 31.7 Å². The average molecular weight is 567 g/mol. The van der Waals surface area contributed by atoms with E-state index in [2.05, 4.69) is 19.9 Å². The molecule has 0 spiro atoms. The highest BCUT2D eigenvalue weighted by molar-refractivity contribution is 5.76. The van der Waals surface area contributed by atoms with Crippen LogP contribution in [0.4, 0.5) is 23.5 Å². The predicted molar refractivity (Wildman–Crippen MR) is 139 cm³/mol. The molecule has 0 amide bonds. The molecule has 5 heterocycles. The molecule has 0 saturated carbocycles. The summed E-state index contributed by atoms with van der Waals surface area (Å²) in [5, 5.41) is 0. The van der Waals surface area contributed by atoms with E-state index in [0.717, 1.165) is 19.8 Å². The van der Waals surface area contributed by atoms with Crippen LogP contribution in [-0.2, 0) is 20.6 Å². The Balaban J connectivity index is 1.42. The lowest BCUT2D eigenvalue weighted by molar-refractivity contribution is -0.190. The minimum Gasteiger partial charge on any atom is -0.378 e. The standard InChI is InChI=1S/C27H34F4N6O3/c1-16(40-24-6-4-5-11-39-24)25-35-21-14-33-19(13-22(21)37(25)17(2)27(29,30)31)12-18-7-9-32-26(34-18)36-10-8-23(38-3)20(28)15-36/h7,9,13-14,16-17,20,23-24H,4-6,8,10-12,15H2,1-3H3/t16-,17+,20-,23+,24?/m1/s1. The van der Waals surface area contributed by atoms with Crippen LogP contribution in [0, 0.1) is 0 Å². The van der Waals surface area contributed by atoms with Gasteiger partial charge in [-0.05, 0) is 51.7 Å². The van der Waals surface area contributed by atoms with Gasteiger partial charge in [0.25, 0.3) is 0 Å². The number of nitrogens with zero attached hydrogens (tertiary/aromatic N) is 6. The van der Waals surface area contributed by atoms with Gasteiger partial charge in [0.05, 0.1) is 30.1 Å². The Hall–Kier alpha value is -2.90. The van der Waals surface area contributed by atoms with Crippen LogP contribution in [0.2, 0.25) is 0 Å². The van der Waals surface area contributed by atoms with Crippen molar-refractivity contribution < 1.29 is 31.8 Å². The number of hydrogen-bond acceptors (Lipinski definition) is 8. The van der Waals surface area contributed by atoms with Gasteiger partial charge >= 0.3 is 6.18 Å². The summed E-state index contributed by atoms with van der Waals surface area (Å²) in [6.45, 7) is 4.03. The maximum absolute atomic E-state index is 14.4. The molecule has 2 aliphatic rings. The lowest BCUT2D eigenvalue weighted by Crippen LogP contribution is -2.46. The summed E-state index contributed by atoms with van der Waals surface area (Å²) >= 11 is 0. The van der Waals surface area contributed by atoms with Crippen LogP contribution < -0.4 is 4.90 Å². The fourth-order valence-electron chi connectivity index (χ4n) is 5.25. The first-order valence-electron chi connectivity index (χ1n) is 13.6. The number of anilines is 1. The van der Waals surface area contributed by atoms with Crippen LogP contribution in [0.5, 0.6) is 0 Å². The zero-order valence-electron chi connectivity index (χ0n) is 22.8. The minimum atomic E-state index is -4.50. The highest BCUT2D eigenvalue weighted by Crippen LogP contribution is 2.37. The molecule has 9 nitrogen and oxygen atoms in total. The van der Waals surface area contributed by atoms with E-state index in [1.807, 2.05) is 0 Å². The molecule has 0 bridgehead atoms. The number of piperidine rings is 1. The Bertz CT molecular complexity index is 1300. The number of fused-ring (bicyclic) bond motifs is 1. The third kappa shape index (κ3) is 6.21. The van der Waals surface area contributed by atoms with Gasteiger partial charge in [0, 0.05) is 38.6 Å². The second-order valence-corrected chi connectivity index (χ2v) is 10.3. The smallest absolute Gasteiger partial charge is 0.378 e. The zero-order valence-corrected chi connectivity index (χ0v) is 22.8. The number of rotatable bonds is 8. The summed E-state index contributed by atoms with van der Waals surface area (Å²) in [5.41, 5.74) is 1.78. The molecule has 0 radical (unpaired) electrons. The second-order valence-electron chi connectivity index (χ2n) is 10.3. The predicted octanol–water partition coefficient (Wildman–Crippen LogP) is 5.10. The molecule has 0 aromatic carbocycles. The van der Waals surface area contributed by atoms with Gasteiger partial charge in [-0.15, -0.1) is 0 Å². The summed E-state index contributed by atoms with van der Waals surface area (Å²) < 4.78 is 74.4. The molecule has 5 atom stereocenters. The minimum absolute atomic E-state index is 0.121. The van der Waals surface area contributed by atoms with Gasteiger partial charge in [0.1, 0.15) is 29.7 Å². The van der Waals surface area contributed by atoms with Crippen LogP contribution in [0.3, 0.4) is 0 Å². The van der Waals surface area contributed by atoms with Crippen molar-refractivity contribution in [3.63, 3.8) is 0 Å². The van der Waals surface area contributed by atoms with Crippen LogP contribution in [0.25, 0.3) is 11.0 Å². The van der Waals surface area contributed by atoms with Crippen LogP contribution in [-0.4, -0.2) is 76.1 Å². The molecule has 2 saturated heterocycles. The molecular formula is C27H34F4N6O3. The molecule has 1 unspecified atom stereocenters. The van der Waals surface area contributed by atoms with E-state index in [9.17, 15) is 17.6 Å². The van der Waals surface area contributed by atoms with E-state index in [1.54, 1.807) is 30.2 Å². The Morgan fingerprint density at radius 1 is 1.12 bits per heavy atom. The number of imidazole rings is 1. The Kier molecular flexibility index (Phi) is 8.52. The van der Waals surface area contributed by atoms with Gasteiger partial charge in [0.15, 0.2) is 6.29 Å². The summed E-state index contributed by atoms with van der Waals surface area (Å²) in [6.07, 6.45) is -0.932. The molecule has 2 aliphatic heterocycles. The van der Waals surface area contributed by atoms with E-state index >= 15 is 0 Å². The number of alkyl halides is 4. The number of aromatic nitrogens is 5. The van der Waals surface area contributed by atoms with Crippen molar-refractivity contribution in [1.29, 1.82) is 0 Å². The van der Waals surface area contributed by atoms with Gasteiger partial charge in [-0.2, -0.15) is 13.2 Å². The lowest BCUT2D eigenvalue weighted by atomic mass is 10.1. The van der Waals surface area contributed by atoms with E-state index in [-0.39, 0.29) is 18.8 Å². The maximum atomic E-state index is 14.4. The van der Waals surface area contributed by atoms with Gasteiger partial charge < -0.3 is 23.7 Å². The highest BCUT2D eigenvalue weighted by atomic mass is 19.4. The first-order chi connectivity index (χ1) is 19.1. The van der Waals surface area contributed by atoms with Gasteiger partial charge in [-0.25, -0.2) is 19.3 Å². The number of methoxy groups -OCH3 is 1. The van der Waals surface area contributed by atoms with Crippen LogP contribution in [0.15, 0.2) is 24.5 Å². The van der Waals surface area contributed by atoms with Crippen LogP contribution >= 0.6 is 0 Å². The summed E-state index contributed by atoms with van der Waals surface area (Å²) in [5.74, 6) is 0.558. The molecule has 2 fully saturated rings. The SMILES string of the molecule is CO[C@H]1CCN(c2nccc(Cc3cc4c(cn3)nc([C@@H](C)OC3CCCCO3)n4[C@@H](C)C(F)(F)F)n2)C[C@H]1F. The third-order valence-corrected chi connectivity index (χ3v) is 7.51. The summed E-state index contributed by atoms with van der Waals surface area (Å²) in [7, 11) is 1.50. The molecule has 5 rings (SSSR count). The lowest BCUT2D eigenvalue weighted by Gasteiger charge is -2.33. The largest absolute Gasteiger partial charge is 0.408 e. The fourth-order valence-corrected chi connectivity index (χ4v) is 5.25. The normalized spacial score (nSPS) is 23.9. The number of pyridine rings is 1. The Morgan fingerprint density at radius 3 is 2.65 bits per heavy atom. The van der Waals surface area contributed by atoms with Gasteiger partial charge in [0.2, 0.25) is 5.95 Å². The highest BCUT2D eigenvalue weighted by Gasteiger charge is 2.40. The van der Waals surface area contributed by atoms with E-state index in [0.29, 0.717) is 54.4 Å². The Labute approximate surface area is 229 Å².